The SMILES string of the molecule is COc1ccc(N2CC(CNC(=O)c3ccc(C(C)(C)C)cc3)CC2=O)cc1. The van der Waals surface area contributed by atoms with E-state index < -0.39 is 0 Å². The Morgan fingerprint density at radius 2 is 1.75 bits per heavy atom. The average Bonchev–Trinajstić information content (AvgIpc) is 3.06. The second-order valence-electron chi connectivity index (χ2n) is 8.31. The predicted molar refractivity (Wildman–Crippen MR) is 111 cm³/mol. The van der Waals surface area contributed by atoms with E-state index in [1.165, 1.54) is 5.56 Å². The summed E-state index contributed by atoms with van der Waals surface area (Å²) >= 11 is 0. The predicted octanol–water partition coefficient (Wildman–Crippen LogP) is 3.78. The standard InChI is InChI=1S/C23H28N2O3/c1-23(2,3)18-7-5-17(6-8-18)22(27)24-14-16-13-21(26)25(15-16)19-9-11-20(28-4)12-10-19/h5-12,16H,13-15H2,1-4H3,(H,24,27). The van der Waals surface area contributed by atoms with Crippen LogP contribution in [0.15, 0.2) is 48.5 Å². The van der Waals surface area contributed by atoms with Crippen LogP contribution in [-0.4, -0.2) is 32.0 Å². The van der Waals surface area contributed by atoms with Crippen molar-refractivity contribution in [2.24, 2.45) is 5.92 Å². The number of ether oxygens (including phenoxy) is 1. The lowest BCUT2D eigenvalue weighted by Crippen LogP contribution is -2.31. The van der Waals surface area contributed by atoms with Crippen molar-refractivity contribution in [2.45, 2.75) is 32.6 Å². The van der Waals surface area contributed by atoms with Gasteiger partial charge in [0.25, 0.3) is 5.91 Å². The first-order valence-corrected chi connectivity index (χ1v) is 9.61. The van der Waals surface area contributed by atoms with Crippen molar-refractivity contribution < 1.29 is 14.3 Å². The van der Waals surface area contributed by atoms with Gasteiger partial charge in [-0.2, -0.15) is 0 Å². The van der Waals surface area contributed by atoms with Crippen LogP contribution in [0.25, 0.3) is 0 Å². The summed E-state index contributed by atoms with van der Waals surface area (Å²) in [6, 6.07) is 15.2. The first-order valence-electron chi connectivity index (χ1n) is 9.61. The minimum absolute atomic E-state index is 0.0597. The molecule has 1 atom stereocenters. The molecular formula is C23H28N2O3. The number of methoxy groups -OCH3 is 1. The molecule has 2 amide bonds. The van der Waals surface area contributed by atoms with Crippen molar-refractivity contribution in [1.82, 2.24) is 5.32 Å². The average molecular weight is 380 g/mol. The lowest BCUT2D eigenvalue weighted by atomic mass is 9.87. The van der Waals surface area contributed by atoms with Crippen LogP contribution in [0.2, 0.25) is 0 Å². The number of benzene rings is 2. The van der Waals surface area contributed by atoms with E-state index in [0.717, 1.165) is 11.4 Å². The molecule has 0 aliphatic carbocycles. The molecule has 0 aromatic heterocycles. The van der Waals surface area contributed by atoms with Crippen LogP contribution in [0, 0.1) is 5.92 Å². The van der Waals surface area contributed by atoms with E-state index in [1.54, 1.807) is 12.0 Å². The first-order chi connectivity index (χ1) is 13.3. The zero-order valence-electron chi connectivity index (χ0n) is 17.0. The summed E-state index contributed by atoms with van der Waals surface area (Å²) < 4.78 is 5.16. The molecule has 0 saturated carbocycles. The highest BCUT2D eigenvalue weighted by Gasteiger charge is 2.30. The lowest BCUT2D eigenvalue weighted by molar-refractivity contribution is -0.117. The van der Waals surface area contributed by atoms with Crippen molar-refractivity contribution in [1.29, 1.82) is 0 Å². The minimum atomic E-state index is -0.101. The van der Waals surface area contributed by atoms with Crippen LogP contribution in [0.3, 0.4) is 0 Å². The maximum absolute atomic E-state index is 12.4. The molecule has 1 heterocycles. The molecule has 28 heavy (non-hydrogen) atoms. The second-order valence-corrected chi connectivity index (χ2v) is 8.31. The number of rotatable bonds is 5. The monoisotopic (exact) mass is 380 g/mol. The topological polar surface area (TPSA) is 58.6 Å². The normalized spacial score (nSPS) is 16.9. The highest BCUT2D eigenvalue weighted by Crippen LogP contribution is 2.26. The Kier molecular flexibility index (Phi) is 5.73. The molecule has 1 aliphatic rings. The van der Waals surface area contributed by atoms with Crippen LogP contribution >= 0.6 is 0 Å². The molecule has 5 nitrogen and oxygen atoms in total. The summed E-state index contributed by atoms with van der Waals surface area (Å²) in [4.78, 5) is 26.6. The fraction of sp³-hybridized carbons (Fsp3) is 0.391. The lowest BCUT2D eigenvalue weighted by Gasteiger charge is -2.19. The molecule has 1 N–H and O–H groups in total. The number of amides is 2. The van der Waals surface area contributed by atoms with E-state index in [4.69, 9.17) is 4.74 Å². The molecule has 3 rings (SSSR count). The molecule has 2 aromatic carbocycles. The van der Waals surface area contributed by atoms with Gasteiger partial charge in [0.15, 0.2) is 0 Å². The van der Waals surface area contributed by atoms with Crippen molar-refractivity contribution in [2.75, 3.05) is 25.1 Å². The van der Waals surface area contributed by atoms with Gasteiger partial charge in [0.2, 0.25) is 5.91 Å². The molecule has 148 valence electrons. The van der Waals surface area contributed by atoms with Crippen molar-refractivity contribution in [3.63, 3.8) is 0 Å². The van der Waals surface area contributed by atoms with E-state index in [2.05, 4.69) is 26.1 Å². The van der Waals surface area contributed by atoms with Gasteiger partial charge in [0.05, 0.1) is 7.11 Å². The maximum atomic E-state index is 12.4. The van der Waals surface area contributed by atoms with Crippen LogP contribution in [0.4, 0.5) is 5.69 Å². The summed E-state index contributed by atoms with van der Waals surface area (Å²) in [6.45, 7) is 7.53. The zero-order chi connectivity index (χ0) is 20.3. The molecule has 5 heteroatoms. The maximum Gasteiger partial charge on any atom is 0.251 e. The van der Waals surface area contributed by atoms with Crippen LogP contribution < -0.4 is 15.0 Å². The Hall–Kier alpha value is -2.82. The molecule has 0 bridgehead atoms. The van der Waals surface area contributed by atoms with Gasteiger partial charge in [-0.15, -0.1) is 0 Å². The summed E-state index contributed by atoms with van der Waals surface area (Å²) in [5, 5.41) is 2.97. The number of nitrogens with zero attached hydrogens (tertiary/aromatic N) is 1. The summed E-state index contributed by atoms with van der Waals surface area (Å²) in [7, 11) is 1.62. The molecule has 2 aromatic rings. The molecule has 1 aliphatic heterocycles. The third kappa shape index (κ3) is 4.53. The van der Waals surface area contributed by atoms with E-state index >= 15 is 0 Å². The Labute approximate surface area is 166 Å². The summed E-state index contributed by atoms with van der Waals surface area (Å²) in [5.74, 6) is 0.846. The van der Waals surface area contributed by atoms with Crippen molar-refractivity contribution >= 4 is 17.5 Å². The van der Waals surface area contributed by atoms with Gasteiger partial charge in [-0.1, -0.05) is 32.9 Å². The number of hydrogen-bond donors (Lipinski definition) is 1. The Bertz CT molecular complexity index is 836. The van der Waals surface area contributed by atoms with E-state index in [9.17, 15) is 9.59 Å². The first kappa shape index (κ1) is 19.9. The van der Waals surface area contributed by atoms with Gasteiger partial charge < -0.3 is 15.0 Å². The number of carbonyl (C=O) groups is 2. The largest absolute Gasteiger partial charge is 0.497 e. The number of hydrogen-bond acceptors (Lipinski definition) is 3. The van der Waals surface area contributed by atoms with Crippen molar-refractivity contribution in [3.8, 4) is 5.75 Å². The number of carbonyl (C=O) groups excluding carboxylic acids is 2. The van der Waals surface area contributed by atoms with Gasteiger partial charge in [-0.25, -0.2) is 0 Å². The number of nitrogens with one attached hydrogen (secondary N) is 1. The van der Waals surface area contributed by atoms with Crippen LogP contribution in [0.1, 0.15) is 43.1 Å². The van der Waals surface area contributed by atoms with Crippen LogP contribution in [-0.2, 0) is 10.2 Å². The molecule has 1 unspecified atom stereocenters. The molecule has 1 saturated heterocycles. The summed E-state index contributed by atoms with van der Waals surface area (Å²) in [5.41, 5.74) is 2.76. The third-order valence-corrected chi connectivity index (χ3v) is 5.15. The molecule has 0 spiro atoms. The Morgan fingerprint density at radius 3 is 2.32 bits per heavy atom. The van der Waals surface area contributed by atoms with Gasteiger partial charge in [0.1, 0.15) is 5.75 Å². The fourth-order valence-electron chi connectivity index (χ4n) is 3.39. The molecular weight excluding hydrogens is 352 g/mol. The van der Waals surface area contributed by atoms with Crippen molar-refractivity contribution in [3.05, 3.63) is 59.7 Å². The Morgan fingerprint density at radius 1 is 1.11 bits per heavy atom. The smallest absolute Gasteiger partial charge is 0.251 e. The Balaban J connectivity index is 1.56. The van der Waals surface area contributed by atoms with Gasteiger partial charge >= 0.3 is 0 Å². The molecule has 1 fully saturated rings. The zero-order valence-corrected chi connectivity index (χ0v) is 17.0. The van der Waals surface area contributed by atoms with Gasteiger partial charge in [-0.3, -0.25) is 9.59 Å². The number of anilines is 1. The van der Waals surface area contributed by atoms with Crippen LogP contribution in [0.5, 0.6) is 5.75 Å². The highest BCUT2D eigenvalue weighted by molar-refractivity contribution is 5.96. The fourth-order valence-corrected chi connectivity index (χ4v) is 3.39. The summed E-state index contributed by atoms with van der Waals surface area (Å²) in [6.07, 6.45) is 0.440. The van der Waals surface area contributed by atoms with Gasteiger partial charge in [0, 0.05) is 36.7 Å². The third-order valence-electron chi connectivity index (χ3n) is 5.15. The highest BCUT2D eigenvalue weighted by atomic mass is 16.5. The quantitative estimate of drug-likeness (QED) is 0.859. The second kappa shape index (κ2) is 8.05. The minimum Gasteiger partial charge on any atom is -0.497 e. The van der Waals surface area contributed by atoms with E-state index in [0.29, 0.717) is 25.1 Å². The van der Waals surface area contributed by atoms with E-state index in [-0.39, 0.29) is 23.1 Å². The van der Waals surface area contributed by atoms with E-state index in [1.807, 2.05) is 48.5 Å². The van der Waals surface area contributed by atoms with Gasteiger partial charge in [-0.05, 0) is 47.4 Å². The molecule has 0 radical (unpaired) electrons.